The second-order valence-corrected chi connectivity index (χ2v) is 6.59. The Kier molecular flexibility index (Phi) is 6.60. The van der Waals surface area contributed by atoms with Crippen molar-refractivity contribution in [2.75, 3.05) is 13.6 Å². The van der Waals surface area contributed by atoms with Crippen LogP contribution >= 0.6 is 0 Å². The molecular formula is C21H26FN5O. The monoisotopic (exact) mass is 383 g/mol. The minimum Gasteiger partial charge on any atom is -0.392 e. The summed E-state index contributed by atoms with van der Waals surface area (Å²) in [6, 6.07) is 12.9. The number of fused-ring (bicyclic) bond motifs is 1. The first-order chi connectivity index (χ1) is 13.6. The molecule has 3 aromatic rings. The van der Waals surface area contributed by atoms with Gasteiger partial charge in [-0.3, -0.25) is 4.99 Å². The van der Waals surface area contributed by atoms with Crippen LogP contribution in [0.5, 0.6) is 0 Å². The van der Waals surface area contributed by atoms with Gasteiger partial charge in [-0.05, 0) is 43.2 Å². The van der Waals surface area contributed by atoms with Crippen LogP contribution in [0.1, 0.15) is 23.4 Å². The normalized spacial score (nSPS) is 11.8. The van der Waals surface area contributed by atoms with Crippen LogP contribution in [0.15, 0.2) is 47.5 Å². The number of hydrogen-bond donors (Lipinski definition) is 3. The van der Waals surface area contributed by atoms with E-state index in [0.29, 0.717) is 18.1 Å². The molecule has 0 aliphatic heterocycles. The molecule has 3 rings (SSSR count). The number of aromatic nitrogens is 2. The van der Waals surface area contributed by atoms with Gasteiger partial charge in [-0.1, -0.05) is 18.2 Å². The van der Waals surface area contributed by atoms with Crippen molar-refractivity contribution >= 4 is 17.0 Å². The quantitative estimate of drug-likeness (QED) is 0.333. The number of imidazole rings is 1. The van der Waals surface area contributed by atoms with Crippen molar-refractivity contribution in [2.24, 2.45) is 4.99 Å². The second-order valence-electron chi connectivity index (χ2n) is 6.59. The van der Waals surface area contributed by atoms with Gasteiger partial charge in [0.25, 0.3) is 0 Å². The van der Waals surface area contributed by atoms with Gasteiger partial charge in [0.15, 0.2) is 5.96 Å². The van der Waals surface area contributed by atoms with Crippen LogP contribution in [-0.4, -0.2) is 34.2 Å². The number of hydrogen-bond acceptors (Lipinski definition) is 3. The smallest absolute Gasteiger partial charge is 0.191 e. The lowest BCUT2D eigenvalue weighted by Gasteiger charge is -2.13. The fourth-order valence-corrected chi connectivity index (χ4v) is 3.19. The number of aliphatic hydroxyl groups excluding tert-OH is 1. The summed E-state index contributed by atoms with van der Waals surface area (Å²) in [5.41, 5.74) is 3.35. The zero-order valence-electron chi connectivity index (χ0n) is 16.2. The molecule has 6 nitrogen and oxygen atoms in total. The minimum atomic E-state index is -0.393. The third kappa shape index (κ3) is 4.67. The van der Waals surface area contributed by atoms with E-state index < -0.39 is 5.82 Å². The third-order valence-electron chi connectivity index (χ3n) is 4.66. The average molecular weight is 383 g/mol. The van der Waals surface area contributed by atoms with E-state index in [0.717, 1.165) is 41.9 Å². The highest BCUT2D eigenvalue weighted by molar-refractivity contribution is 5.79. The number of rotatable bonds is 7. The Balaban J connectivity index is 1.48. The second kappa shape index (κ2) is 9.32. The van der Waals surface area contributed by atoms with Gasteiger partial charge in [0.2, 0.25) is 0 Å². The van der Waals surface area contributed by atoms with E-state index in [1.54, 1.807) is 19.2 Å². The Hall–Kier alpha value is -2.93. The van der Waals surface area contributed by atoms with E-state index in [4.69, 9.17) is 0 Å². The Morgan fingerprint density at radius 3 is 2.82 bits per heavy atom. The molecule has 148 valence electrons. The number of aryl methyl sites for hydroxylation is 2. The summed E-state index contributed by atoms with van der Waals surface area (Å²) < 4.78 is 15.7. The largest absolute Gasteiger partial charge is 0.392 e. The van der Waals surface area contributed by atoms with Crippen LogP contribution in [0.2, 0.25) is 0 Å². The molecule has 0 bridgehead atoms. The predicted molar refractivity (Wildman–Crippen MR) is 110 cm³/mol. The summed E-state index contributed by atoms with van der Waals surface area (Å²) in [6.07, 6.45) is 0.924. The first kappa shape index (κ1) is 19.8. The van der Waals surface area contributed by atoms with Gasteiger partial charge in [-0.2, -0.15) is 0 Å². The molecule has 0 unspecified atom stereocenters. The van der Waals surface area contributed by atoms with Crippen molar-refractivity contribution in [1.29, 1.82) is 0 Å². The van der Waals surface area contributed by atoms with Crippen LogP contribution in [0, 0.1) is 12.7 Å². The molecule has 0 amide bonds. The van der Waals surface area contributed by atoms with E-state index in [1.807, 2.05) is 25.1 Å². The van der Waals surface area contributed by atoms with Crippen molar-refractivity contribution in [1.82, 2.24) is 20.2 Å². The van der Waals surface area contributed by atoms with Gasteiger partial charge in [-0.15, -0.1) is 0 Å². The summed E-state index contributed by atoms with van der Waals surface area (Å²) in [5.74, 6) is 1.30. The number of para-hydroxylation sites is 2. The third-order valence-corrected chi connectivity index (χ3v) is 4.66. The number of halogens is 1. The molecule has 0 atom stereocenters. The van der Waals surface area contributed by atoms with Gasteiger partial charge in [0.05, 0.1) is 17.6 Å². The summed E-state index contributed by atoms with van der Waals surface area (Å²) in [4.78, 5) is 8.81. The number of benzene rings is 2. The van der Waals surface area contributed by atoms with E-state index in [1.165, 1.54) is 6.07 Å². The molecule has 0 fully saturated rings. The van der Waals surface area contributed by atoms with Gasteiger partial charge in [0, 0.05) is 32.2 Å². The van der Waals surface area contributed by atoms with Crippen molar-refractivity contribution in [3.8, 4) is 0 Å². The first-order valence-electron chi connectivity index (χ1n) is 9.37. The topological polar surface area (TPSA) is 74.5 Å². The van der Waals surface area contributed by atoms with E-state index in [-0.39, 0.29) is 6.61 Å². The Labute approximate surface area is 164 Å². The molecule has 0 aliphatic rings. The summed E-state index contributed by atoms with van der Waals surface area (Å²) >= 11 is 0. The average Bonchev–Trinajstić information content (AvgIpc) is 3.03. The van der Waals surface area contributed by atoms with Gasteiger partial charge in [-0.25, -0.2) is 9.37 Å². The van der Waals surface area contributed by atoms with E-state index in [2.05, 4.69) is 31.2 Å². The van der Waals surface area contributed by atoms with Crippen LogP contribution < -0.4 is 10.6 Å². The fraction of sp³-hybridized carbons (Fsp3) is 0.333. The molecule has 0 spiro atoms. The lowest BCUT2D eigenvalue weighted by molar-refractivity contribution is 0.275. The number of aliphatic imine (C=N–C) groups is 1. The zero-order chi connectivity index (χ0) is 19.9. The highest BCUT2D eigenvalue weighted by Gasteiger charge is 2.07. The van der Waals surface area contributed by atoms with Crippen molar-refractivity contribution in [3.05, 3.63) is 65.2 Å². The fourth-order valence-electron chi connectivity index (χ4n) is 3.19. The van der Waals surface area contributed by atoms with E-state index >= 15 is 0 Å². The molecule has 28 heavy (non-hydrogen) atoms. The number of nitrogens with one attached hydrogen (secondary N) is 2. The summed E-state index contributed by atoms with van der Waals surface area (Å²) in [6.45, 7) is 3.84. The van der Waals surface area contributed by atoms with Crippen LogP contribution in [0.25, 0.3) is 11.0 Å². The summed E-state index contributed by atoms with van der Waals surface area (Å²) in [5, 5.41) is 15.7. The van der Waals surface area contributed by atoms with Gasteiger partial charge in [0.1, 0.15) is 11.6 Å². The Bertz CT molecular complexity index is 967. The maximum Gasteiger partial charge on any atom is 0.191 e. The van der Waals surface area contributed by atoms with Crippen molar-refractivity contribution in [3.63, 3.8) is 0 Å². The number of nitrogens with zero attached hydrogens (tertiary/aromatic N) is 3. The van der Waals surface area contributed by atoms with Crippen LogP contribution in [0.3, 0.4) is 0 Å². The molecule has 0 aliphatic carbocycles. The van der Waals surface area contributed by atoms with Crippen LogP contribution in [0.4, 0.5) is 4.39 Å². The first-order valence-corrected chi connectivity index (χ1v) is 9.37. The molecule has 1 aromatic heterocycles. The van der Waals surface area contributed by atoms with Crippen molar-refractivity contribution in [2.45, 2.75) is 33.0 Å². The molecule has 1 heterocycles. The predicted octanol–water partition coefficient (Wildman–Crippen LogP) is 2.73. The molecular weight excluding hydrogens is 357 g/mol. The highest BCUT2D eigenvalue weighted by Crippen LogP contribution is 2.15. The maximum atomic E-state index is 13.5. The lowest BCUT2D eigenvalue weighted by atomic mass is 10.1. The van der Waals surface area contributed by atoms with Crippen LogP contribution in [-0.2, 0) is 19.7 Å². The number of guanidine groups is 1. The molecule has 0 saturated carbocycles. The number of aliphatic hydroxyl groups is 1. The Morgan fingerprint density at radius 2 is 2.04 bits per heavy atom. The zero-order valence-corrected chi connectivity index (χ0v) is 16.2. The van der Waals surface area contributed by atoms with Crippen molar-refractivity contribution < 1.29 is 9.50 Å². The van der Waals surface area contributed by atoms with Gasteiger partial charge < -0.3 is 20.3 Å². The standard InChI is InChI=1S/C21H26FN5O/c1-15-26-19-6-3-4-7-20(19)27(15)11-5-10-24-21(23-2)25-13-16-8-9-18(22)17(12-16)14-28/h3-4,6-9,12,28H,5,10-11,13-14H2,1-2H3,(H2,23,24,25). The molecule has 7 heteroatoms. The SMILES string of the molecule is CN=C(NCCCn1c(C)nc2ccccc21)NCc1ccc(F)c(CO)c1. The van der Waals surface area contributed by atoms with E-state index in [9.17, 15) is 9.50 Å². The molecule has 2 aromatic carbocycles. The highest BCUT2D eigenvalue weighted by atomic mass is 19.1. The Morgan fingerprint density at radius 1 is 1.21 bits per heavy atom. The molecule has 0 radical (unpaired) electrons. The molecule has 3 N–H and O–H groups in total. The lowest BCUT2D eigenvalue weighted by Crippen LogP contribution is -2.37. The molecule has 0 saturated heterocycles. The maximum absolute atomic E-state index is 13.5. The summed E-state index contributed by atoms with van der Waals surface area (Å²) in [7, 11) is 1.71. The van der Waals surface area contributed by atoms with Gasteiger partial charge >= 0.3 is 0 Å². The minimum absolute atomic E-state index is 0.296.